The number of fused-ring (bicyclic) bond motifs is 1. The number of nitrogens with zero attached hydrogens (tertiary/aromatic N) is 4. The van der Waals surface area contributed by atoms with Crippen molar-refractivity contribution in [1.82, 2.24) is 20.0 Å². The minimum absolute atomic E-state index is 0.172. The van der Waals surface area contributed by atoms with E-state index in [1.165, 1.54) is 0 Å². The van der Waals surface area contributed by atoms with Gasteiger partial charge in [0.1, 0.15) is 11.3 Å². The lowest BCUT2D eigenvalue weighted by molar-refractivity contribution is 0.184. The summed E-state index contributed by atoms with van der Waals surface area (Å²) in [6.07, 6.45) is 0.927. The molecule has 1 unspecified atom stereocenters. The summed E-state index contributed by atoms with van der Waals surface area (Å²) >= 11 is 0. The molecule has 1 atom stereocenters. The second kappa shape index (κ2) is 7.70. The lowest BCUT2D eigenvalue weighted by Gasteiger charge is -2.17. The Balaban J connectivity index is 2.07. The fourth-order valence-corrected chi connectivity index (χ4v) is 2.97. The molecule has 3 rings (SSSR count). The molecule has 26 heavy (non-hydrogen) atoms. The van der Waals surface area contributed by atoms with Crippen LogP contribution in [0.1, 0.15) is 24.6 Å². The standard InChI is InChI=1S/C19H25N5O2/c1-6-14(11-25-4)21-19-18-17(10-13(3)20-19)24(23-22-18)16-8-7-15(26-5)9-12(16)2/h7-10,14H,6,11H2,1-5H3,(H,20,21). The number of nitrogens with one attached hydrogen (secondary N) is 1. The number of pyridine rings is 1. The van der Waals surface area contributed by atoms with Crippen molar-refractivity contribution in [3.8, 4) is 11.4 Å². The Hall–Kier alpha value is -2.67. The zero-order valence-electron chi connectivity index (χ0n) is 15.9. The molecular weight excluding hydrogens is 330 g/mol. The fraction of sp³-hybridized carbons (Fsp3) is 0.421. The highest BCUT2D eigenvalue weighted by Crippen LogP contribution is 2.26. The minimum atomic E-state index is 0.172. The Morgan fingerprint density at radius 2 is 2.00 bits per heavy atom. The highest BCUT2D eigenvalue weighted by Gasteiger charge is 2.16. The van der Waals surface area contributed by atoms with Gasteiger partial charge < -0.3 is 14.8 Å². The molecule has 1 aromatic carbocycles. The van der Waals surface area contributed by atoms with Crippen LogP contribution in [0.3, 0.4) is 0 Å². The molecule has 2 heterocycles. The summed E-state index contributed by atoms with van der Waals surface area (Å²) in [7, 11) is 3.36. The van der Waals surface area contributed by atoms with Crippen molar-refractivity contribution in [3.63, 3.8) is 0 Å². The molecule has 7 nitrogen and oxygen atoms in total. The summed E-state index contributed by atoms with van der Waals surface area (Å²) in [5.74, 6) is 1.56. The van der Waals surface area contributed by atoms with Crippen molar-refractivity contribution in [1.29, 1.82) is 0 Å². The van der Waals surface area contributed by atoms with Crippen molar-refractivity contribution in [2.75, 3.05) is 26.1 Å². The first-order valence-corrected chi connectivity index (χ1v) is 8.70. The zero-order chi connectivity index (χ0) is 18.7. The van der Waals surface area contributed by atoms with Crippen molar-refractivity contribution < 1.29 is 9.47 Å². The summed E-state index contributed by atoms with van der Waals surface area (Å²) in [6.45, 7) is 6.73. The number of methoxy groups -OCH3 is 2. The second-order valence-corrected chi connectivity index (χ2v) is 6.34. The molecule has 7 heteroatoms. The van der Waals surface area contributed by atoms with Gasteiger partial charge in [-0.15, -0.1) is 5.10 Å². The first-order chi connectivity index (χ1) is 12.6. The number of anilines is 1. The van der Waals surface area contributed by atoms with E-state index < -0.39 is 0 Å². The van der Waals surface area contributed by atoms with Crippen LogP contribution in [0.2, 0.25) is 0 Å². The van der Waals surface area contributed by atoms with E-state index in [4.69, 9.17) is 9.47 Å². The molecule has 138 valence electrons. The monoisotopic (exact) mass is 355 g/mol. The first-order valence-electron chi connectivity index (χ1n) is 8.70. The van der Waals surface area contributed by atoms with Crippen LogP contribution in [0.15, 0.2) is 24.3 Å². The summed E-state index contributed by atoms with van der Waals surface area (Å²) < 4.78 is 12.4. The number of aromatic nitrogens is 4. The second-order valence-electron chi connectivity index (χ2n) is 6.34. The zero-order valence-corrected chi connectivity index (χ0v) is 15.9. The summed E-state index contributed by atoms with van der Waals surface area (Å²) in [6, 6.07) is 8.08. The molecule has 3 aromatic rings. The van der Waals surface area contributed by atoms with E-state index in [1.54, 1.807) is 14.2 Å². The maximum atomic E-state index is 5.29. The maximum absolute atomic E-state index is 5.29. The Kier molecular flexibility index (Phi) is 5.37. The quantitative estimate of drug-likeness (QED) is 0.701. The number of ether oxygens (including phenoxy) is 2. The number of hydrogen-bond acceptors (Lipinski definition) is 6. The number of rotatable bonds is 7. The van der Waals surface area contributed by atoms with E-state index in [0.717, 1.165) is 46.0 Å². The van der Waals surface area contributed by atoms with Crippen LogP contribution in [0.5, 0.6) is 5.75 Å². The Morgan fingerprint density at radius 1 is 1.19 bits per heavy atom. The molecule has 0 amide bonds. The molecule has 1 N–H and O–H groups in total. The van der Waals surface area contributed by atoms with Gasteiger partial charge in [0.2, 0.25) is 0 Å². The number of aryl methyl sites for hydroxylation is 2. The van der Waals surface area contributed by atoms with Gasteiger partial charge >= 0.3 is 0 Å². The molecule has 0 saturated heterocycles. The predicted molar refractivity (Wildman–Crippen MR) is 102 cm³/mol. The van der Waals surface area contributed by atoms with Gasteiger partial charge in [-0.3, -0.25) is 0 Å². The van der Waals surface area contributed by atoms with Crippen molar-refractivity contribution in [3.05, 3.63) is 35.5 Å². The number of benzene rings is 1. The summed E-state index contributed by atoms with van der Waals surface area (Å²) in [5.41, 5.74) is 4.60. The van der Waals surface area contributed by atoms with E-state index >= 15 is 0 Å². The van der Waals surface area contributed by atoms with Gasteiger partial charge in [-0.2, -0.15) is 0 Å². The van der Waals surface area contributed by atoms with Crippen molar-refractivity contribution in [2.24, 2.45) is 0 Å². The molecule has 0 fully saturated rings. The van der Waals surface area contributed by atoms with E-state index in [1.807, 2.05) is 42.8 Å². The summed E-state index contributed by atoms with van der Waals surface area (Å²) in [4.78, 5) is 4.63. The predicted octanol–water partition coefficient (Wildman–Crippen LogP) is 3.28. The van der Waals surface area contributed by atoms with Gasteiger partial charge in [-0.05, 0) is 50.1 Å². The van der Waals surface area contributed by atoms with Gasteiger partial charge in [-0.1, -0.05) is 12.1 Å². The van der Waals surface area contributed by atoms with Crippen LogP contribution in [-0.4, -0.2) is 46.8 Å². The third-order valence-corrected chi connectivity index (χ3v) is 4.40. The topological polar surface area (TPSA) is 74.1 Å². The third kappa shape index (κ3) is 3.48. The first kappa shape index (κ1) is 18.1. The third-order valence-electron chi connectivity index (χ3n) is 4.40. The van der Waals surface area contributed by atoms with Crippen LogP contribution in [0.4, 0.5) is 5.82 Å². The van der Waals surface area contributed by atoms with Crippen LogP contribution in [0.25, 0.3) is 16.7 Å². The Morgan fingerprint density at radius 3 is 2.65 bits per heavy atom. The average molecular weight is 355 g/mol. The van der Waals surface area contributed by atoms with Gasteiger partial charge in [0.15, 0.2) is 11.3 Å². The highest BCUT2D eigenvalue weighted by atomic mass is 16.5. The largest absolute Gasteiger partial charge is 0.497 e. The van der Waals surface area contributed by atoms with E-state index in [-0.39, 0.29) is 6.04 Å². The smallest absolute Gasteiger partial charge is 0.156 e. The van der Waals surface area contributed by atoms with Crippen LogP contribution >= 0.6 is 0 Å². The molecule has 0 spiro atoms. The van der Waals surface area contributed by atoms with Gasteiger partial charge in [0.25, 0.3) is 0 Å². The highest BCUT2D eigenvalue weighted by molar-refractivity contribution is 5.87. The van der Waals surface area contributed by atoms with Gasteiger partial charge in [0, 0.05) is 12.8 Å². The van der Waals surface area contributed by atoms with E-state index in [2.05, 4.69) is 27.5 Å². The van der Waals surface area contributed by atoms with Gasteiger partial charge in [0.05, 0.1) is 25.4 Å². The van der Waals surface area contributed by atoms with Crippen molar-refractivity contribution >= 4 is 16.9 Å². The fourth-order valence-electron chi connectivity index (χ4n) is 2.97. The average Bonchev–Trinajstić information content (AvgIpc) is 3.04. The molecule has 2 aromatic heterocycles. The number of hydrogen-bond donors (Lipinski definition) is 1. The van der Waals surface area contributed by atoms with E-state index in [9.17, 15) is 0 Å². The lowest BCUT2D eigenvalue weighted by atomic mass is 10.2. The van der Waals surface area contributed by atoms with Gasteiger partial charge in [-0.25, -0.2) is 9.67 Å². The van der Waals surface area contributed by atoms with Crippen molar-refractivity contribution in [2.45, 2.75) is 33.2 Å². The molecule has 0 bridgehead atoms. The lowest BCUT2D eigenvalue weighted by Crippen LogP contribution is -2.24. The van der Waals surface area contributed by atoms with Crippen LogP contribution in [-0.2, 0) is 4.74 Å². The maximum Gasteiger partial charge on any atom is 0.156 e. The molecule has 0 radical (unpaired) electrons. The molecule has 0 saturated carbocycles. The molecule has 0 aliphatic rings. The summed E-state index contributed by atoms with van der Waals surface area (Å²) in [5, 5.41) is 12.2. The Bertz CT molecular complexity index is 906. The minimum Gasteiger partial charge on any atom is -0.497 e. The molecule has 0 aliphatic heterocycles. The SMILES string of the molecule is CCC(COC)Nc1nc(C)cc2c1nnn2-c1ccc(OC)cc1C. The van der Waals surface area contributed by atoms with E-state index in [0.29, 0.717) is 6.61 Å². The Labute approximate surface area is 153 Å². The molecular formula is C19H25N5O2. The molecule has 0 aliphatic carbocycles. The van der Waals surface area contributed by atoms with Crippen LogP contribution in [0, 0.1) is 13.8 Å². The normalized spacial score (nSPS) is 12.3. The van der Waals surface area contributed by atoms with Crippen LogP contribution < -0.4 is 10.1 Å².